The number of piperidine rings is 1. The fourth-order valence-corrected chi connectivity index (χ4v) is 2.81. The average Bonchev–Trinajstić information content (AvgIpc) is 2.42. The van der Waals surface area contributed by atoms with Crippen LogP contribution < -0.4 is 0 Å². The molecule has 0 saturated carbocycles. The third-order valence-corrected chi connectivity index (χ3v) is 4.38. The number of amides is 1. The number of halogens is 3. The number of likely N-dealkylation sites (tertiary alicyclic amines) is 1. The summed E-state index contributed by atoms with van der Waals surface area (Å²) >= 11 is 8.80. The molecule has 108 valence electrons. The lowest BCUT2D eigenvalue weighted by molar-refractivity contribution is -0.143. The van der Waals surface area contributed by atoms with E-state index in [1.54, 1.807) is 0 Å². The molecule has 0 spiro atoms. The van der Waals surface area contributed by atoms with Gasteiger partial charge in [0.15, 0.2) is 0 Å². The largest absolute Gasteiger partial charge is 0.481 e. The zero-order valence-electron chi connectivity index (χ0n) is 10.4. The van der Waals surface area contributed by atoms with Gasteiger partial charge in [0.25, 0.3) is 5.91 Å². The molecule has 4 nitrogen and oxygen atoms in total. The molecule has 7 heteroatoms. The van der Waals surface area contributed by atoms with Crippen molar-refractivity contribution in [1.82, 2.24) is 4.90 Å². The molecule has 0 aliphatic carbocycles. The molecule has 0 atom stereocenters. The summed E-state index contributed by atoms with van der Waals surface area (Å²) in [5, 5.41) is 9.07. The third kappa shape index (κ3) is 3.12. The van der Waals surface area contributed by atoms with Crippen LogP contribution >= 0.6 is 27.5 Å². The number of hydrogen-bond acceptors (Lipinski definition) is 2. The first-order chi connectivity index (χ1) is 9.40. The standard InChI is InChI=1S/C13H12BrClFNO3/c14-11-9(5-8(15)6-10(11)16)12(18)17-3-1-7(2-4-17)13(19)20/h5-7H,1-4H2,(H,19,20). The van der Waals surface area contributed by atoms with Gasteiger partial charge < -0.3 is 10.0 Å². The minimum atomic E-state index is -0.841. The number of hydrogen-bond donors (Lipinski definition) is 1. The predicted molar refractivity (Wildman–Crippen MR) is 75.4 cm³/mol. The monoisotopic (exact) mass is 363 g/mol. The molecule has 1 aromatic carbocycles. The zero-order valence-corrected chi connectivity index (χ0v) is 12.7. The van der Waals surface area contributed by atoms with Crippen LogP contribution in [0.25, 0.3) is 0 Å². The molecule has 1 N–H and O–H groups in total. The molecule has 20 heavy (non-hydrogen) atoms. The van der Waals surface area contributed by atoms with Crippen molar-refractivity contribution in [3.63, 3.8) is 0 Å². The van der Waals surface area contributed by atoms with Gasteiger partial charge in [-0.05, 0) is 40.9 Å². The molecule has 1 fully saturated rings. The Labute approximate surface area is 128 Å². The van der Waals surface area contributed by atoms with Crippen LogP contribution in [0.15, 0.2) is 16.6 Å². The van der Waals surface area contributed by atoms with E-state index in [1.807, 2.05) is 0 Å². The van der Waals surface area contributed by atoms with E-state index in [0.29, 0.717) is 25.9 Å². The van der Waals surface area contributed by atoms with Gasteiger partial charge in [-0.1, -0.05) is 11.6 Å². The summed E-state index contributed by atoms with van der Waals surface area (Å²) in [5.74, 6) is -2.20. The second-order valence-electron chi connectivity index (χ2n) is 4.65. The van der Waals surface area contributed by atoms with Crippen molar-refractivity contribution in [1.29, 1.82) is 0 Å². The van der Waals surface area contributed by atoms with Gasteiger partial charge in [-0.2, -0.15) is 0 Å². The minimum Gasteiger partial charge on any atom is -0.481 e. The highest BCUT2D eigenvalue weighted by molar-refractivity contribution is 9.10. The number of nitrogens with zero attached hydrogens (tertiary/aromatic N) is 1. The Balaban J connectivity index is 2.15. The van der Waals surface area contributed by atoms with E-state index < -0.39 is 17.7 Å². The molecule has 1 saturated heterocycles. The Hall–Kier alpha value is -1.14. The van der Waals surface area contributed by atoms with Crippen molar-refractivity contribution in [3.8, 4) is 0 Å². The second kappa shape index (κ2) is 6.10. The molecular formula is C13H12BrClFNO3. The van der Waals surface area contributed by atoms with Crippen LogP contribution in [0.5, 0.6) is 0 Å². The summed E-state index contributed by atoms with van der Waals surface area (Å²) in [6.45, 7) is 0.687. The van der Waals surface area contributed by atoms with Gasteiger partial charge in [-0.25, -0.2) is 4.39 Å². The smallest absolute Gasteiger partial charge is 0.306 e. The first kappa shape index (κ1) is 15.3. The SMILES string of the molecule is O=C(O)C1CCN(C(=O)c2cc(Cl)cc(F)c2Br)CC1. The molecule has 0 bridgehead atoms. The lowest BCUT2D eigenvalue weighted by Gasteiger charge is -2.30. The van der Waals surface area contributed by atoms with Gasteiger partial charge in [-0.15, -0.1) is 0 Å². The van der Waals surface area contributed by atoms with Crippen LogP contribution in [0.2, 0.25) is 5.02 Å². The van der Waals surface area contributed by atoms with Gasteiger partial charge in [0, 0.05) is 18.1 Å². The molecular weight excluding hydrogens is 353 g/mol. The maximum atomic E-state index is 13.6. The van der Waals surface area contributed by atoms with Crippen LogP contribution in [0.1, 0.15) is 23.2 Å². The Morgan fingerprint density at radius 2 is 1.95 bits per heavy atom. The van der Waals surface area contributed by atoms with Crippen molar-refractivity contribution in [2.75, 3.05) is 13.1 Å². The summed E-state index contributed by atoms with van der Waals surface area (Å²) < 4.78 is 13.6. The van der Waals surface area contributed by atoms with E-state index in [1.165, 1.54) is 11.0 Å². The number of carbonyl (C=O) groups excluding carboxylic acids is 1. The first-order valence-corrected chi connectivity index (χ1v) is 7.24. The van der Waals surface area contributed by atoms with Crippen LogP contribution in [0.4, 0.5) is 4.39 Å². The average molecular weight is 365 g/mol. The molecule has 2 rings (SSSR count). The van der Waals surface area contributed by atoms with E-state index in [2.05, 4.69) is 15.9 Å². The van der Waals surface area contributed by atoms with E-state index in [0.717, 1.165) is 6.07 Å². The van der Waals surface area contributed by atoms with Gasteiger partial charge in [0.2, 0.25) is 0 Å². The number of carboxylic acid groups (broad SMARTS) is 1. The van der Waals surface area contributed by atoms with E-state index in [-0.39, 0.29) is 21.0 Å². The molecule has 0 unspecified atom stereocenters. The quantitative estimate of drug-likeness (QED) is 0.820. The van der Waals surface area contributed by atoms with Gasteiger partial charge in [0.1, 0.15) is 5.82 Å². The Morgan fingerprint density at radius 3 is 2.50 bits per heavy atom. The normalized spacial score (nSPS) is 16.2. The Kier molecular flexibility index (Phi) is 4.65. The predicted octanol–water partition coefficient (Wildman–Crippen LogP) is 3.18. The topological polar surface area (TPSA) is 57.6 Å². The minimum absolute atomic E-state index is 0.0762. The van der Waals surface area contributed by atoms with E-state index in [9.17, 15) is 14.0 Å². The Bertz CT molecular complexity index is 559. The van der Waals surface area contributed by atoms with Crippen LogP contribution in [-0.4, -0.2) is 35.0 Å². The molecule has 0 radical (unpaired) electrons. The van der Waals surface area contributed by atoms with Crippen molar-refractivity contribution < 1.29 is 19.1 Å². The molecule has 1 aromatic rings. The Morgan fingerprint density at radius 1 is 1.35 bits per heavy atom. The summed E-state index contributed by atoms with van der Waals surface area (Å²) in [6, 6.07) is 2.53. The molecule has 1 aliphatic heterocycles. The highest BCUT2D eigenvalue weighted by Gasteiger charge is 2.28. The number of benzene rings is 1. The van der Waals surface area contributed by atoms with E-state index >= 15 is 0 Å². The number of carbonyl (C=O) groups is 2. The highest BCUT2D eigenvalue weighted by Crippen LogP contribution is 2.27. The third-order valence-electron chi connectivity index (χ3n) is 3.35. The molecule has 0 aromatic heterocycles. The number of rotatable bonds is 2. The number of aliphatic carboxylic acids is 1. The van der Waals surface area contributed by atoms with Crippen LogP contribution in [0.3, 0.4) is 0 Å². The lowest BCUT2D eigenvalue weighted by Crippen LogP contribution is -2.40. The van der Waals surface area contributed by atoms with Crippen LogP contribution in [-0.2, 0) is 4.79 Å². The maximum Gasteiger partial charge on any atom is 0.306 e. The van der Waals surface area contributed by atoms with Gasteiger partial charge >= 0.3 is 5.97 Å². The van der Waals surface area contributed by atoms with Crippen molar-refractivity contribution >= 4 is 39.4 Å². The lowest BCUT2D eigenvalue weighted by atomic mass is 9.96. The number of carboxylic acids is 1. The van der Waals surface area contributed by atoms with Crippen molar-refractivity contribution in [3.05, 3.63) is 33.0 Å². The zero-order chi connectivity index (χ0) is 14.9. The fourth-order valence-electron chi connectivity index (χ4n) is 2.21. The first-order valence-electron chi connectivity index (χ1n) is 6.06. The summed E-state index contributed by atoms with van der Waals surface area (Å²) in [6.07, 6.45) is 0.809. The highest BCUT2D eigenvalue weighted by atomic mass is 79.9. The van der Waals surface area contributed by atoms with Crippen molar-refractivity contribution in [2.24, 2.45) is 5.92 Å². The van der Waals surface area contributed by atoms with Crippen molar-refractivity contribution in [2.45, 2.75) is 12.8 Å². The van der Waals surface area contributed by atoms with E-state index in [4.69, 9.17) is 16.7 Å². The summed E-state index contributed by atoms with van der Waals surface area (Å²) in [4.78, 5) is 24.7. The van der Waals surface area contributed by atoms with Gasteiger partial charge in [-0.3, -0.25) is 9.59 Å². The van der Waals surface area contributed by atoms with Gasteiger partial charge in [0.05, 0.1) is 16.0 Å². The maximum absolute atomic E-state index is 13.6. The fraction of sp³-hybridized carbons (Fsp3) is 0.385. The molecule has 1 aliphatic rings. The second-order valence-corrected chi connectivity index (χ2v) is 5.88. The molecule has 1 heterocycles. The summed E-state index contributed by atoms with van der Waals surface area (Å²) in [7, 11) is 0. The molecule has 1 amide bonds. The van der Waals surface area contributed by atoms with Crippen LogP contribution in [0, 0.1) is 11.7 Å². The summed E-state index contributed by atoms with van der Waals surface area (Å²) in [5.41, 5.74) is 0.156.